The third-order valence-electron chi connectivity index (χ3n) is 1.84. The molecule has 1 aliphatic heterocycles. The van der Waals surface area contributed by atoms with Crippen LogP contribution in [0.25, 0.3) is 0 Å². The van der Waals surface area contributed by atoms with Crippen LogP contribution in [0.15, 0.2) is 30.9 Å². The number of hydrogen-bond donors (Lipinski definition) is 1. The van der Waals surface area contributed by atoms with E-state index >= 15 is 0 Å². The number of anilines is 1. The van der Waals surface area contributed by atoms with E-state index in [4.69, 9.17) is 0 Å². The normalized spacial score (nSPS) is 14.5. The van der Waals surface area contributed by atoms with Crippen LogP contribution < -0.4 is 10.3 Å². The van der Waals surface area contributed by atoms with E-state index in [0.717, 1.165) is 0 Å². The standard InChI is InChI=1S/C9H11N5O/c1-8(15)12-14-6-5-13(7-14)9-10-3-2-4-11-9/h2-6H,7H2,1H3,(H,12,15). The number of hydrogen-bond acceptors (Lipinski definition) is 5. The van der Waals surface area contributed by atoms with Crippen molar-refractivity contribution in [1.29, 1.82) is 0 Å². The zero-order valence-corrected chi connectivity index (χ0v) is 8.29. The van der Waals surface area contributed by atoms with E-state index in [1.54, 1.807) is 29.7 Å². The summed E-state index contributed by atoms with van der Waals surface area (Å²) in [7, 11) is 0. The number of rotatable bonds is 2. The monoisotopic (exact) mass is 205 g/mol. The summed E-state index contributed by atoms with van der Waals surface area (Å²) in [6, 6.07) is 1.76. The zero-order valence-electron chi connectivity index (χ0n) is 8.29. The number of nitrogens with one attached hydrogen (secondary N) is 1. The summed E-state index contributed by atoms with van der Waals surface area (Å²) in [5.74, 6) is 0.511. The number of nitrogens with zero attached hydrogens (tertiary/aromatic N) is 4. The Hall–Kier alpha value is -2.11. The maximum Gasteiger partial charge on any atom is 0.235 e. The van der Waals surface area contributed by atoms with Gasteiger partial charge in [-0.1, -0.05) is 0 Å². The third-order valence-corrected chi connectivity index (χ3v) is 1.84. The van der Waals surface area contributed by atoms with E-state index in [1.807, 2.05) is 11.1 Å². The number of hydrazine groups is 1. The first-order chi connectivity index (χ1) is 7.25. The van der Waals surface area contributed by atoms with Crippen molar-refractivity contribution in [3.8, 4) is 0 Å². The topological polar surface area (TPSA) is 61.4 Å². The average Bonchev–Trinajstić information content (AvgIpc) is 2.67. The fourth-order valence-electron chi connectivity index (χ4n) is 1.26. The maximum absolute atomic E-state index is 10.8. The second-order valence-electron chi connectivity index (χ2n) is 3.10. The van der Waals surface area contributed by atoms with E-state index in [9.17, 15) is 4.79 Å². The van der Waals surface area contributed by atoms with Gasteiger partial charge in [0.1, 0.15) is 6.67 Å². The first-order valence-corrected chi connectivity index (χ1v) is 4.51. The lowest BCUT2D eigenvalue weighted by Crippen LogP contribution is -2.39. The number of carbonyl (C=O) groups is 1. The second-order valence-corrected chi connectivity index (χ2v) is 3.10. The molecule has 0 bridgehead atoms. The molecule has 0 spiro atoms. The van der Waals surface area contributed by atoms with Gasteiger partial charge in [0.05, 0.1) is 0 Å². The van der Waals surface area contributed by atoms with Crippen molar-refractivity contribution < 1.29 is 4.79 Å². The molecule has 6 nitrogen and oxygen atoms in total. The van der Waals surface area contributed by atoms with Crippen molar-refractivity contribution in [2.45, 2.75) is 6.92 Å². The van der Waals surface area contributed by atoms with Crippen molar-refractivity contribution in [1.82, 2.24) is 20.4 Å². The zero-order chi connectivity index (χ0) is 10.7. The minimum atomic E-state index is -0.101. The van der Waals surface area contributed by atoms with Crippen LogP contribution in [0.4, 0.5) is 5.95 Å². The van der Waals surface area contributed by atoms with Crippen LogP contribution in [0.1, 0.15) is 6.92 Å². The van der Waals surface area contributed by atoms with Crippen molar-refractivity contribution >= 4 is 11.9 Å². The lowest BCUT2D eigenvalue weighted by Gasteiger charge is -2.19. The molecule has 6 heteroatoms. The lowest BCUT2D eigenvalue weighted by molar-refractivity contribution is -0.122. The van der Waals surface area contributed by atoms with E-state index in [0.29, 0.717) is 12.6 Å². The second kappa shape index (κ2) is 3.95. The van der Waals surface area contributed by atoms with Crippen LogP contribution in [0.3, 0.4) is 0 Å². The van der Waals surface area contributed by atoms with Crippen LogP contribution in [-0.2, 0) is 4.79 Å². The molecule has 1 aromatic rings. The summed E-state index contributed by atoms with van der Waals surface area (Å²) in [6.45, 7) is 1.99. The van der Waals surface area contributed by atoms with Crippen LogP contribution in [0.5, 0.6) is 0 Å². The predicted octanol–water partition coefficient (Wildman–Crippen LogP) is 0.0784. The third kappa shape index (κ3) is 2.22. The minimum absolute atomic E-state index is 0.101. The van der Waals surface area contributed by atoms with Crippen molar-refractivity contribution in [3.05, 3.63) is 30.9 Å². The number of aromatic nitrogens is 2. The Labute approximate surface area is 87.2 Å². The van der Waals surface area contributed by atoms with E-state index < -0.39 is 0 Å². The van der Waals surface area contributed by atoms with Crippen LogP contribution >= 0.6 is 0 Å². The van der Waals surface area contributed by atoms with Gasteiger partial charge in [-0.05, 0) is 6.07 Å². The molecule has 2 heterocycles. The molecule has 0 aromatic carbocycles. The molecule has 0 aliphatic carbocycles. The first-order valence-electron chi connectivity index (χ1n) is 4.51. The van der Waals surface area contributed by atoms with Gasteiger partial charge in [-0.2, -0.15) is 0 Å². The number of amides is 1. The van der Waals surface area contributed by atoms with Gasteiger partial charge in [0.2, 0.25) is 11.9 Å². The molecule has 0 unspecified atom stereocenters. The largest absolute Gasteiger partial charge is 0.296 e. The van der Waals surface area contributed by atoms with Gasteiger partial charge in [-0.25, -0.2) is 9.97 Å². The minimum Gasteiger partial charge on any atom is -0.296 e. The first kappa shape index (κ1) is 9.45. The molecule has 1 aliphatic rings. The highest BCUT2D eigenvalue weighted by Crippen LogP contribution is 2.11. The molecule has 0 saturated heterocycles. The van der Waals surface area contributed by atoms with Gasteiger partial charge in [-0.15, -0.1) is 0 Å². The fourth-order valence-corrected chi connectivity index (χ4v) is 1.26. The van der Waals surface area contributed by atoms with Gasteiger partial charge in [0.15, 0.2) is 0 Å². The predicted molar refractivity (Wildman–Crippen MR) is 54.2 cm³/mol. The van der Waals surface area contributed by atoms with Crippen molar-refractivity contribution in [2.75, 3.05) is 11.6 Å². The fraction of sp³-hybridized carbons (Fsp3) is 0.222. The Bertz CT molecular complexity index is 377. The van der Waals surface area contributed by atoms with Crippen molar-refractivity contribution in [2.24, 2.45) is 0 Å². The number of carbonyl (C=O) groups excluding carboxylic acids is 1. The quantitative estimate of drug-likeness (QED) is 0.740. The molecule has 1 amide bonds. The summed E-state index contributed by atoms with van der Waals surface area (Å²) in [5, 5.41) is 1.67. The summed E-state index contributed by atoms with van der Waals surface area (Å²) in [4.78, 5) is 20.8. The van der Waals surface area contributed by atoms with E-state index in [2.05, 4.69) is 15.4 Å². The summed E-state index contributed by atoms with van der Waals surface area (Å²) in [5.41, 5.74) is 2.65. The molecule has 0 saturated carbocycles. The molecule has 2 rings (SSSR count). The van der Waals surface area contributed by atoms with Crippen LogP contribution in [0, 0.1) is 0 Å². The molecular formula is C9H11N5O. The summed E-state index contributed by atoms with van der Waals surface area (Å²) >= 11 is 0. The van der Waals surface area contributed by atoms with Gasteiger partial charge < -0.3 is 0 Å². The molecule has 1 N–H and O–H groups in total. The van der Waals surface area contributed by atoms with Gasteiger partial charge in [0.25, 0.3) is 0 Å². The van der Waals surface area contributed by atoms with Gasteiger partial charge >= 0.3 is 0 Å². The van der Waals surface area contributed by atoms with Crippen LogP contribution in [-0.4, -0.2) is 27.6 Å². The molecule has 0 radical (unpaired) electrons. The molecule has 0 fully saturated rings. The SMILES string of the molecule is CC(=O)NN1C=CN(c2ncccn2)C1. The highest BCUT2D eigenvalue weighted by atomic mass is 16.2. The highest BCUT2D eigenvalue weighted by molar-refractivity contribution is 5.72. The molecule has 1 aromatic heterocycles. The average molecular weight is 205 g/mol. The molecule has 15 heavy (non-hydrogen) atoms. The smallest absolute Gasteiger partial charge is 0.235 e. The Morgan fingerprint density at radius 3 is 2.80 bits per heavy atom. The molecular weight excluding hydrogens is 194 g/mol. The Balaban J connectivity index is 2.00. The highest BCUT2D eigenvalue weighted by Gasteiger charge is 2.15. The Morgan fingerprint density at radius 2 is 2.13 bits per heavy atom. The van der Waals surface area contributed by atoms with E-state index in [1.165, 1.54) is 6.92 Å². The Morgan fingerprint density at radius 1 is 1.40 bits per heavy atom. The summed E-state index contributed by atoms with van der Waals surface area (Å²) in [6.07, 6.45) is 6.93. The van der Waals surface area contributed by atoms with Crippen molar-refractivity contribution in [3.63, 3.8) is 0 Å². The van der Waals surface area contributed by atoms with Gasteiger partial charge in [-0.3, -0.25) is 20.1 Å². The Kier molecular flexibility index (Phi) is 2.49. The lowest BCUT2D eigenvalue weighted by atomic mass is 10.6. The molecule has 78 valence electrons. The van der Waals surface area contributed by atoms with Crippen LogP contribution in [0.2, 0.25) is 0 Å². The van der Waals surface area contributed by atoms with E-state index in [-0.39, 0.29) is 5.91 Å². The van der Waals surface area contributed by atoms with Gasteiger partial charge in [0, 0.05) is 31.7 Å². The molecule has 0 atom stereocenters. The summed E-state index contributed by atoms with van der Waals surface area (Å²) < 4.78 is 0. The maximum atomic E-state index is 10.8.